The Balaban J connectivity index is 0.000000413. The summed E-state index contributed by atoms with van der Waals surface area (Å²) >= 11 is 0. The summed E-state index contributed by atoms with van der Waals surface area (Å²) in [4.78, 5) is 72.9. The molecule has 2 saturated heterocycles. The number of carbonyl (C=O) groups is 3. The average molecular weight is 781 g/mol. The van der Waals surface area contributed by atoms with E-state index in [1.54, 1.807) is 19.9 Å². The van der Waals surface area contributed by atoms with E-state index in [0.717, 1.165) is 27.1 Å². The van der Waals surface area contributed by atoms with Crippen molar-refractivity contribution in [2.24, 2.45) is 16.2 Å². The van der Waals surface area contributed by atoms with Crippen LogP contribution in [0.5, 0.6) is 0 Å². The molecule has 3 aliphatic heterocycles. The van der Waals surface area contributed by atoms with Gasteiger partial charge in [-0.1, -0.05) is 20.8 Å². The topological polar surface area (TPSA) is 139 Å². The molecule has 0 aromatic rings. The lowest BCUT2D eigenvalue weighted by molar-refractivity contribution is -0.695. The molecule has 1 unspecified atom stereocenters. The van der Waals surface area contributed by atoms with Gasteiger partial charge in [-0.25, -0.2) is 0 Å². The molecular formula is C43H78N3O9+3. The molecule has 0 N–H and O–H groups in total. The highest BCUT2D eigenvalue weighted by Crippen LogP contribution is 2.41. The van der Waals surface area contributed by atoms with Crippen LogP contribution in [0.4, 0.5) is 0 Å². The summed E-state index contributed by atoms with van der Waals surface area (Å²) in [7, 11) is 0. The summed E-state index contributed by atoms with van der Waals surface area (Å²) in [6.07, 6.45) is 5.15. The predicted octanol–water partition coefficient (Wildman–Crippen LogP) is 9.74. The van der Waals surface area contributed by atoms with Crippen LogP contribution in [0.2, 0.25) is 0 Å². The lowest BCUT2D eigenvalue weighted by Gasteiger charge is -2.37. The Bertz CT molecular complexity index is 1500. The molecule has 3 rings (SSSR count). The molecule has 0 amide bonds. The molecule has 0 saturated carbocycles. The minimum absolute atomic E-state index is 0.161. The van der Waals surface area contributed by atoms with Gasteiger partial charge < -0.3 is 14.2 Å². The van der Waals surface area contributed by atoms with Gasteiger partial charge in [0.25, 0.3) is 5.54 Å². The zero-order chi connectivity index (χ0) is 43.8. The lowest BCUT2D eigenvalue weighted by Crippen LogP contribution is -2.56. The number of hydrogen-bond donors (Lipinski definition) is 0. The Morgan fingerprint density at radius 1 is 0.582 bits per heavy atom. The number of nitrogens with zero attached hydrogens (tertiary/aromatic N) is 3. The van der Waals surface area contributed by atoms with E-state index in [-0.39, 0.29) is 30.1 Å². The average Bonchev–Trinajstić information content (AvgIpc) is 3.30. The summed E-state index contributed by atoms with van der Waals surface area (Å²) in [6.45, 7) is 39.4. The van der Waals surface area contributed by atoms with E-state index in [4.69, 9.17) is 14.2 Å². The van der Waals surface area contributed by atoms with Gasteiger partial charge in [0, 0.05) is 118 Å². The van der Waals surface area contributed by atoms with Gasteiger partial charge >= 0.3 is 17.9 Å². The van der Waals surface area contributed by atoms with Crippen LogP contribution in [0.25, 0.3) is 0 Å². The van der Waals surface area contributed by atoms with Crippen LogP contribution >= 0.6 is 0 Å². The third-order valence-corrected chi connectivity index (χ3v) is 12.3. The van der Waals surface area contributed by atoms with Crippen LogP contribution in [0.1, 0.15) is 184 Å². The summed E-state index contributed by atoms with van der Waals surface area (Å²) in [5.41, 5.74) is -5.06. The molecule has 0 aliphatic carbocycles. The molecule has 0 spiro atoms. The summed E-state index contributed by atoms with van der Waals surface area (Å²) in [5, 5.41) is 0. The number of esters is 3. The summed E-state index contributed by atoms with van der Waals surface area (Å²) in [6, 6.07) is 0. The van der Waals surface area contributed by atoms with Crippen molar-refractivity contribution in [2.45, 2.75) is 229 Å². The van der Waals surface area contributed by atoms with E-state index in [2.05, 4.69) is 0 Å². The number of nitroso groups, excluding NO2 is 3. The van der Waals surface area contributed by atoms with E-state index in [9.17, 15) is 29.1 Å². The van der Waals surface area contributed by atoms with Crippen LogP contribution in [-0.4, -0.2) is 77.6 Å². The van der Waals surface area contributed by atoms with Gasteiger partial charge in [0.15, 0.2) is 11.9 Å². The number of ether oxygens (including phenoxy) is 3. The second-order valence-electron chi connectivity index (χ2n) is 21.3. The Hall–Kier alpha value is -3.05. The van der Waals surface area contributed by atoms with Gasteiger partial charge in [0.05, 0.1) is 35.5 Å². The van der Waals surface area contributed by atoms with Crippen molar-refractivity contribution < 1.29 is 42.9 Å². The maximum absolute atomic E-state index is 12.2. The van der Waals surface area contributed by atoms with Gasteiger partial charge in [-0.2, -0.15) is 0 Å². The number of piperidine rings is 1. The maximum Gasteiger partial charge on any atom is 0.316 e. The van der Waals surface area contributed by atoms with Gasteiger partial charge in [0.1, 0.15) is 6.10 Å². The Morgan fingerprint density at radius 2 is 0.945 bits per heavy atom. The SMILES string of the molecule is CCC(C)(C)C(=O)OC1=CC(C)(C)[N+](=O)C1(C)C.CCC(C)(C)C(=O)OC1CC(C)(C)[N+](=O)C(C)(C)C1.CCC(C)(C)C(=O)OC1CC(C)(C)[N+](=O)C1(C)C. The van der Waals surface area contributed by atoms with Crippen molar-refractivity contribution in [1.29, 1.82) is 0 Å². The lowest BCUT2D eigenvalue weighted by atomic mass is 9.80. The molecule has 0 aromatic heterocycles. The third kappa shape index (κ3) is 11.3. The molecule has 12 heteroatoms. The molecule has 12 nitrogen and oxygen atoms in total. The Labute approximate surface area is 332 Å². The van der Waals surface area contributed by atoms with Crippen molar-refractivity contribution in [2.75, 3.05) is 0 Å². The minimum atomic E-state index is -0.803. The molecule has 0 radical (unpaired) electrons. The highest BCUT2D eigenvalue weighted by molar-refractivity contribution is 5.77. The molecule has 0 aromatic carbocycles. The molecular weight excluding hydrogens is 702 g/mol. The minimum Gasteiger partial charge on any atom is -0.461 e. The third-order valence-electron chi connectivity index (χ3n) is 12.3. The zero-order valence-corrected chi connectivity index (χ0v) is 38.5. The normalized spacial score (nSPS) is 23.7. The van der Waals surface area contributed by atoms with Gasteiger partial charge in [0.2, 0.25) is 27.7 Å². The smallest absolute Gasteiger partial charge is 0.316 e. The van der Waals surface area contributed by atoms with E-state index in [1.807, 2.05) is 132 Å². The molecule has 316 valence electrons. The van der Waals surface area contributed by atoms with Crippen LogP contribution in [0.3, 0.4) is 0 Å². The van der Waals surface area contributed by atoms with Crippen molar-refractivity contribution >= 4 is 17.9 Å². The molecule has 1 atom stereocenters. The molecule has 3 heterocycles. The fraction of sp³-hybridized carbons (Fsp3) is 0.884. The van der Waals surface area contributed by atoms with Gasteiger partial charge in [-0.3, -0.25) is 14.4 Å². The second-order valence-corrected chi connectivity index (χ2v) is 21.3. The van der Waals surface area contributed by atoms with Crippen molar-refractivity contribution in [3.8, 4) is 0 Å². The molecule has 3 aliphatic rings. The predicted molar refractivity (Wildman–Crippen MR) is 215 cm³/mol. The van der Waals surface area contributed by atoms with Crippen molar-refractivity contribution in [3.63, 3.8) is 0 Å². The van der Waals surface area contributed by atoms with E-state index in [1.165, 1.54) is 0 Å². The van der Waals surface area contributed by atoms with Crippen LogP contribution in [0, 0.1) is 31.0 Å². The first kappa shape index (κ1) is 50.0. The van der Waals surface area contributed by atoms with Crippen LogP contribution in [0.15, 0.2) is 11.8 Å². The van der Waals surface area contributed by atoms with E-state index in [0.29, 0.717) is 31.4 Å². The van der Waals surface area contributed by atoms with Gasteiger partial charge in [-0.05, 0) is 60.8 Å². The first-order valence-corrected chi connectivity index (χ1v) is 20.1. The largest absolute Gasteiger partial charge is 0.461 e. The Morgan fingerprint density at radius 3 is 1.27 bits per heavy atom. The fourth-order valence-corrected chi connectivity index (χ4v) is 6.94. The highest BCUT2D eigenvalue weighted by Gasteiger charge is 2.63. The quantitative estimate of drug-likeness (QED) is 0.127. The summed E-state index contributed by atoms with van der Waals surface area (Å²) in [5.74, 6) is -0.204. The number of carbonyl (C=O) groups excluding carboxylic acids is 3. The number of rotatable bonds is 9. The van der Waals surface area contributed by atoms with Crippen molar-refractivity contribution in [1.82, 2.24) is 0 Å². The second kappa shape index (κ2) is 16.4. The monoisotopic (exact) mass is 781 g/mol. The van der Waals surface area contributed by atoms with Gasteiger partial charge in [-0.15, -0.1) is 0 Å². The number of hydrogen-bond acceptors (Lipinski definition) is 9. The fourth-order valence-electron chi connectivity index (χ4n) is 6.94. The first-order chi connectivity index (χ1) is 24.3. The highest BCUT2D eigenvalue weighted by atomic mass is 16.6. The van der Waals surface area contributed by atoms with E-state index < -0.39 is 49.5 Å². The van der Waals surface area contributed by atoms with Crippen molar-refractivity contribution in [3.05, 3.63) is 26.6 Å². The summed E-state index contributed by atoms with van der Waals surface area (Å²) < 4.78 is 19.9. The first-order valence-electron chi connectivity index (χ1n) is 20.1. The molecule has 2 fully saturated rings. The Kier molecular flexibility index (Phi) is 14.9. The molecule has 55 heavy (non-hydrogen) atoms. The standard InChI is InChI=1S/C15H28NO3.C14H26NO3.C14H24NO3/c1-8-13(2,3)12(17)19-11-9-14(4,5)16(18)15(6,7)10-11;2*1-8-12(2,3)11(16)18-10-9-13(4,5)15(17)14(10,6)7/h11H,8-10H2,1-7H3;10H,8-9H2,1-7H3;9H,8H2,1-7H3/q3*+1. The maximum atomic E-state index is 12.2. The zero-order valence-electron chi connectivity index (χ0n) is 38.5. The molecule has 0 bridgehead atoms. The van der Waals surface area contributed by atoms with Crippen LogP contribution in [-0.2, 0) is 28.6 Å². The van der Waals surface area contributed by atoms with Crippen LogP contribution < -0.4 is 0 Å². The van der Waals surface area contributed by atoms with E-state index >= 15 is 0 Å².